The molecule has 164 valence electrons. The van der Waals surface area contributed by atoms with E-state index in [2.05, 4.69) is 4.90 Å². The van der Waals surface area contributed by atoms with E-state index in [1.807, 2.05) is 62.2 Å². The first-order chi connectivity index (χ1) is 14.9. The van der Waals surface area contributed by atoms with Crippen LogP contribution in [-0.2, 0) is 9.59 Å². The number of fused-ring (bicyclic) bond motifs is 1. The molecule has 0 radical (unpaired) electrons. The van der Waals surface area contributed by atoms with Crippen LogP contribution in [0.1, 0.15) is 11.1 Å². The Bertz CT molecular complexity index is 969. The summed E-state index contributed by atoms with van der Waals surface area (Å²) in [6.07, 6.45) is -0.719. The lowest BCUT2D eigenvalue weighted by molar-refractivity contribution is -0.140. The van der Waals surface area contributed by atoms with Crippen LogP contribution in [0.2, 0.25) is 0 Å². The fourth-order valence-electron chi connectivity index (χ4n) is 3.86. The fourth-order valence-corrected chi connectivity index (χ4v) is 3.86. The highest BCUT2D eigenvalue weighted by atomic mass is 16.5. The Morgan fingerprint density at radius 2 is 1.77 bits per heavy atom. The second-order valence-corrected chi connectivity index (χ2v) is 8.24. The third-order valence-corrected chi connectivity index (χ3v) is 6.01. The molecule has 31 heavy (non-hydrogen) atoms. The van der Waals surface area contributed by atoms with Gasteiger partial charge in [0.2, 0.25) is 0 Å². The highest BCUT2D eigenvalue weighted by molar-refractivity contribution is 5.98. The van der Waals surface area contributed by atoms with Crippen LogP contribution >= 0.6 is 0 Å². The molecule has 0 saturated carbocycles. The number of anilines is 1. The molecule has 7 heteroatoms. The number of hydrogen-bond donors (Lipinski definition) is 0. The summed E-state index contributed by atoms with van der Waals surface area (Å²) >= 11 is 0. The molecule has 2 heterocycles. The number of carbonyl (C=O) groups excluding carboxylic acids is 2. The van der Waals surface area contributed by atoms with E-state index < -0.39 is 6.10 Å². The van der Waals surface area contributed by atoms with Crippen LogP contribution in [0.15, 0.2) is 42.5 Å². The van der Waals surface area contributed by atoms with Gasteiger partial charge in [-0.05, 0) is 56.3 Å². The third-order valence-electron chi connectivity index (χ3n) is 6.01. The molecular formula is C24H29N3O4. The first kappa shape index (κ1) is 21.2. The molecule has 0 unspecified atom stereocenters. The van der Waals surface area contributed by atoms with Crippen molar-refractivity contribution in [2.24, 2.45) is 0 Å². The van der Waals surface area contributed by atoms with E-state index >= 15 is 0 Å². The number of rotatable bonds is 4. The van der Waals surface area contributed by atoms with Gasteiger partial charge < -0.3 is 24.2 Å². The van der Waals surface area contributed by atoms with Gasteiger partial charge in [0.15, 0.2) is 12.7 Å². The van der Waals surface area contributed by atoms with E-state index in [1.165, 1.54) is 5.56 Å². The van der Waals surface area contributed by atoms with Crippen LogP contribution in [0.5, 0.6) is 11.5 Å². The normalized spacial score (nSPS) is 18.9. The number of carbonyl (C=O) groups is 2. The van der Waals surface area contributed by atoms with Gasteiger partial charge in [-0.2, -0.15) is 0 Å². The lowest BCUT2D eigenvalue weighted by Gasteiger charge is -2.38. The maximum atomic E-state index is 13.1. The van der Waals surface area contributed by atoms with Crippen LogP contribution in [-0.4, -0.2) is 74.1 Å². The Labute approximate surface area is 183 Å². The molecule has 1 saturated heterocycles. The Kier molecular flexibility index (Phi) is 6.13. The summed E-state index contributed by atoms with van der Waals surface area (Å²) in [6.45, 7) is 7.12. The predicted octanol–water partition coefficient (Wildman–Crippen LogP) is 2.25. The minimum atomic E-state index is -0.719. The Balaban J connectivity index is 1.48. The number of aryl methyl sites for hydroxylation is 2. The van der Waals surface area contributed by atoms with Gasteiger partial charge in [-0.1, -0.05) is 18.2 Å². The molecule has 4 rings (SSSR count). The van der Waals surface area contributed by atoms with E-state index in [0.29, 0.717) is 30.3 Å². The van der Waals surface area contributed by atoms with Gasteiger partial charge in [0.05, 0.1) is 12.2 Å². The number of piperazine rings is 1. The smallest absolute Gasteiger partial charge is 0.265 e. The Morgan fingerprint density at radius 3 is 2.52 bits per heavy atom. The molecular weight excluding hydrogens is 394 g/mol. The largest absolute Gasteiger partial charge is 0.484 e. The second kappa shape index (κ2) is 8.98. The molecule has 7 nitrogen and oxygen atoms in total. The molecule has 2 amide bonds. The molecule has 0 aromatic heterocycles. The molecule has 0 aliphatic carbocycles. The van der Waals surface area contributed by atoms with Crippen molar-refractivity contribution in [2.45, 2.75) is 20.0 Å². The zero-order valence-corrected chi connectivity index (χ0v) is 18.3. The van der Waals surface area contributed by atoms with Gasteiger partial charge in [-0.25, -0.2) is 0 Å². The van der Waals surface area contributed by atoms with E-state index in [-0.39, 0.29) is 25.0 Å². The number of benzene rings is 2. The summed E-state index contributed by atoms with van der Waals surface area (Å²) < 4.78 is 11.8. The van der Waals surface area contributed by atoms with Gasteiger partial charge in [0.1, 0.15) is 11.5 Å². The van der Waals surface area contributed by atoms with Crippen LogP contribution in [0.25, 0.3) is 0 Å². The molecule has 2 aromatic rings. The van der Waals surface area contributed by atoms with Crippen LogP contribution in [0.4, 0.5) is 5.69 Å². The summed E-state index contributed by atoms with van der Waals surface area (Å²) in [6, 6.07) is 13.1. The summed E-state index contributed by atoms with van der Waals surface area (Å²) in [5.41, 5.74) is 2.95. The average Bonchev–Trinajstić information content (AvgIpc) is 2.79. The van der Waals surface area contributed by atoms with Gasteiger partial charge in [-0.3, -0.25) is 9.59 Å². The summed E-state index contributed by atoms with van der Waals surface area (Å²) in [4.78, 5) is 31.8. The predicted molar refractivity (Wildman–Crippen MR) is 119 cm³/mol. The third kappa shape index (κ3) is 4.66. The van der Waals surface area contributed by atoms with E-state index in [0.717, 1.165) is 18.7 Å². The Morgan fingerprint density at radius 1 is 1.03 bits per heavy atom. The molecule has 0 spiro atoms. The summed E-state index contributed by atoms with van der Waals surface area (Å²) in [7, 11) is 2.05. The summed E-state index contributed by atoms with van der Waals surface area (Å²) in [5.74, 6) is 0.921. The molecule has 0 bridgehead atoms. The average molecular weight is 424 g/mol. The van der Waals surface area contributed by atoms with Gasteiger partial charge >= 0.3 is 0 Å². The van der Waals surface area contributed by atoms with Crippen molar-refractivity contribution in [3.8, 4) is 11.5 Å². The monoisotopic (exact) mass is 423 g/mol. The SMILES string of the molecule is Cc1ccc(OCC(=O)N2C[C@@H](C(=O)N3CCN(C)CC3)Oc3ccccc32)cc1C. The van der Waals surface area contributed by atoms with Crippen molar-refractivity contribution in [3.05, 3.63) is 53.6 Å². The second-order valence-electron chi connectivity index (χ2n) is 8.24. The Hall–Kier alpha value is -3.06. The van der Waals surface area contributed by atoms with Crippen molar-refractivity contribution in [1.29, 1.82) is 0 Å². The zero-order valence-electron chi connectivity index (χ0n) is 18.3. The number of hydrogen-bond acceptors (Lipinski definition) is 5. The fraction of sp³-hybridized carbons (Fsp3) is 0.417. The van der Waals surface area contributed by atoms with Crippen molar-refractivity contribution in [2.75, 3.05) is 51.3 Å². The van der Waals surface area contributed by atoms with Crippen molar-refractivity contribution in [3.63, 3.8) is 0 Å². The highest BCUT2D eigenvalue weighted by Crippen LogP contribution is 2.33. The van der Waals surface area contributed by atoms with E-state index in [4.69, 9.17) is 9.47 Å². The topological polar surface area (TPSA) is 62.3 Å². The molecule has 1 fully saturated rings. The van der Waals surface area contributed by atoms with Gasteiger partial charge in [-0.15, -0.1) is 0 Å². The minimum Gasteiger partial charge on any atom is -0.484 e. The van der Waals surface area contributed by atoms with E-state index in [9.17, 15) is 9.59 Å². The lowest BCUT2D eigenvalue weighted by atomic mass is 10.1. The molecule has 2 aromatic carbocycles. The summed E-state index contributed by atoms with van der Waals surface area (Å²) in [5, 5.41) is 0. The number of likely N-dealkylation sites (N-methyl/N-ethyl adjacent to an activating group) is 1. The minimum absolute atomic E-state index is 0.0736. The maximum absolute atomic E-state index is 13.1. The van der Waals surface area contributed by atoms with Crippen molar-refractivity contribution >= 4 is 17.5 Å². The number of nitrogens with zero attached hydrogens (tertiary/aromatic N) is 3. The van der Waals surface area contributed by atoms with Crippen molar-refractivity contribution in [1.82, 2.24) is 9.80 Å². The van der Waals surface area contributed by atoms with Crippen LogP contribution in [0, 0.1) is 13.8 Å². The van der Waals surface area contributed by atoms with Crippen LogP contribution in [0.3, 0.4) is 0 Å². The maximum Gasteiger partial charge on any atom is 0.265 e. The quantitative estimate of drug-likeness (QED) is 0.755. The van der Waals surface area contributed by atoms with Gasteiger partial charge in [0.25, 0.3) is 11.8 Å². The first-order valence-corrected chi connectivity index (χ1v) is 10.7. The molecule has 0 N–H and O–H groups in total. The van der Waals surface area contributed by atoms with E-state index in [1.54, 1.807) is 11.0 Å². The number of para-hydroxylation sites is 2. The first-order valence-electron chi connectivity index (χ1n) is 10.7. The molecule has 2 aliphatic heterocycles. The van der Waals surface area contributed by atoms with Crippen LogP contribution < -0.4 is 14.4 Å². The zero-order chi connectivity index (χ0) is 22.0. The lowest BCUT2D eigenvalue weighted by Crippen LogP contribution is -2.56. The highest BCUT2D eigenvalue weighted by Gasteiger charge is 2.36. The number of amides is 2. The van der Waals surface area contributed by atoms with Gasteiger partial charge in [0, 0.05) is 26.2 Å². The molecule has 1 atom stereocenters. The molecule has 2 aliphatic rings. The number of ether oxygens (including phenoxy) is 2. The van der Waals surface area contributed by atoms with Crippen molar-refractivity contribution < 1.29 is 19.1 Å². The standard InChI is InChI=1S/C24H29N3O4/c1-17-8-9-19(14-18(17)2)30-16-23(28)27-15-22(31-21-7-5-4-6-20(21)27)24(29)26-12-10-25(3)11-13-26/h4-9,14,22H,10-13,15-16H2,1-3H3/t22-/m0/s1.